The Labute approximate surface area is 214 Å². The Bertz CT molecular complexity index is 1190. The van der Waals surface area contributed by atoms with Crippen molar-refractivity contribution in [2.24, 2.45) is 0 Å². The molecule has 1 aliphatic rings. The van der Waals surface area contributed by atoms with Gasteiger partial charge in [0.15, 0.2) is 9.84 Å². The Balaban J connectivity index is 1.62. The zero-order valence-corrected chi connectivity index (χ0v) is 21.3. The van der Waals surface area contributed by atoms with E-state index in [4.69, 9.17) is 9.84 Å². The van der Waals surface area contributed by atoms with Gasteiger partial charge in [0, 0.05) is 45.0 Å². The molecule has 2 aromatic carbocycles. The van der Waals surface area contributed by atoms with Gasteiger partial charge in [-0.25, -0.2) is 26.8 Å². The minimum Gasteiger partial charge on any atom is -0.465 e. The van der Waals surface area contributed by atoms with E-state index in [1.165, 1.54) is 9.80 Å². The molecule has 2 N–H and O–H groups in total. The summed E-state index contributed by atoms with van der Waals surface area (Å²) in [6.45, 7) is 1.51. The van der Waals surface area contributed by atoms with Crippen LogP contribution in [0.15, 0.2) is 47.4 Å². The molecule has 0 spiro atoms. The number of carbonyl (C=O) groups excluding carboxylic acids is 1. The van der Waals surface area contributed by atoms with Crippen molar-refractivity contribution < 1.29 is 36.6 Å². The van der Waals surface area contributed by atoms with E-state index < -0.39 is 38.6 Å². The summed E-state index contributed by atoms with van der Waals surface area (Å²) < 4.78 is 57.6. The molecule has 0 unspecified atom stereocenters. The molecule has 2 aromatic rings. The monoisotopic (exact) mass is 539 g/mol. The van der Waals surface area contributed by atoms with Crippen molar-refractivity contribution in [1.29, 1.82) is 0 Å². The van der Waals surface area contributed by atoms with Gasteiger partial charge < -0.3 is 25.0 Å². The van der Waals surface area contributed by atoms with E-state index in [0.717, 1.165) is 17.9 Å². The van der Waals surface area contributed by atoms with Gasteiger partial charge in [-0.3, -0.25) is 0 Å². The lowest BCUT2D eigenvalue weighted by Gasteiger charge is -2.31. The molecule has 0 aromatic heterocycles. The van der Waals surface area contributed by atoms with Crippen LogP contribution in [0.1, 0.15) is 24.0 Å². The Morgan fingerprint density at radius 1 is 1.11 bits per heavy atom. The average Bonchev–Trinajstić information content (AvgIpc) is 2.86. The number of sulfone groups is 1. The first-order valence-electron chi connectivity index (χ1n) is 11.9. The number of ether oxygens (including phenoxy) is 1. The van der Waals surface area contributed by atoms with E-state index in [9.17, 15) is 26.8 Å². The molecule has 12 heteroatoms. The molecule has 0 atom stereocenters. The fraction of sp³-hybridized carbons (Fsp3) is 0.440. The minimum atomic E-state index is -3.93. The Hall–Kier alpha value is -3.25. The molecule has 1 aliphatic heterocycles. The smallest absolute Gasteiger partial charge is 0.410 e. The second-order valence-corrected chi connectivity index (χ2v) is 10.9. The van der Waals surface area contributed by atoms with Gasteiger partial charge in [0.2, 0.25) is 0 Å². The number of rotatable bonds is 10. The molecule has 37 heavy (non-hydrogen) atoms. The maximum Gasteiger partial charge on any atom is 0.410 e. The molecule has 0 radical (unpaired) electrons. The highest BCUT2D eigenvalue weighted by Gasteiger charge is 2.23. The number of benzene rings is 2. The SMILES string of the molecule is CS(=O)(=O)c1cc(F)c(CCN(CCNC2CCN(C(=O)O)CC2)C(=O)OCc2ccccc2)cc1F. The molecule has 202 valence electrons. The first-order valence-corrected chi connectivity index (χ1v) is 13.8. The summed E-state index contributed by atoms with van der Waals surface area (Å²) in [6, 6.07) is 10.7. The van der Waals surface area contributed by atoms with E-state index in [-0.39, 0.29) is 37.7 Å². The lowest BCUT2D eigenvalue weighted by atomic mass is 10.1. The van der Waals surface area contributed by atoms with E-state index in [1.807, 2.05) is 30.3 Å². The van der Waals surface area contributed by atoms with E-state index in [0.29, 0.717) is 38.5 Å². The molecule has 9 nitrogen and oxygen atoms in total. The van der Waals surface area contributed by atoms with Crippen LogP contribution in [0, 0.1) is 11.6 Å². The number of likely N-dealkylation sites (tertiary alicyclic amines) is 1. The molecule has 0 saturated carbocycles. The molecule has 2 amide bonds. The number of carboxylic acid groups (broad SMARTS) is 1. The molecule has 0 bridgehead atoms. The molecule has 1 saturated heterocycles. The number of piperidine rings is 1. The van der Waals surface area contributed by atoms with Crippen LogP contribution in [0.3, 0.4) is 0 Å². The van der Waals surface area contributed by atoms with Crippen LogP contribution in [-0.4, -0.2) is 80.5 Å². The van der Waals surface area contributed by atoms with Gasteiger partial charge in [-0.15, -0.1) is 0 Å². The summed E-state index contributed by atoms with van der Waals surface area (Å²) >= 11 is 0. The van der Waals surface area contributed by atoms with Crippen LogP contribution in [0.2, 0.25) is 0 Å². The molecular weight excluding hydrogens is 508 g/mol. The van der Waals surface area contributed by atoms with E-state index in [2.05, 4.69) is 5.32 Å². The van der Waals surface area contributed by atoms with Gasteiger partial charge in [0.05, 0.1) is 0 Å². The van der Waals surface area contributed by atoms with Crippen molar-refractivity contribution in [3.63, 3.8) is 0 Å². The van der Waals surface area contributed by atoms with Crippen LogP contribution in [0.4, 0.5) is 18.4 Å². The summed E-state index contributed by atoms with van der Waals surface area (Å²) in [5.41, 5.74) is 0.739. The minimum absolute atomic E-state index is 0.0152. The van der Waals surface area contributed by atoms with Crippen molar-refractivity contribution in [1.82, 2.24) is 15.1 Å². The number of carbonyl (C=O) groups is 2. The van der Waals surface area contributed by atoms with Crippen LogP contribution >= 0.6 is 0 Å². The molecule has 3 rings (SSSR count). The van der Waals surface area contributed by atoms with Crippen LogP contribution in [0.25, 0.3) is 0 Å². The zero-order chi connectivity index (χ0) is 27.0. The molecule has 1 fully saturated rings. The van der Waals surface area contributed by atoms with Crippen molar-refractivity contribution in [2.45, 2.75) is 36.8 Å². The summed E-state index contributed by atoms with van der Waals surface area (Å²) in [6.07, 6.45) is 0.459. The lowest BCUT2D eigenvalue weighted by Crippen LogP contribution is -2.46. The topological polar surface area (TPSA) is 116 Å². The van der Waals surface area contributed by atoms with Gasteiger partial charge >= 0.3 is 12.2 Å². The van der Waals surface area contributed by atoms with Gasteiger partial charge in [-0.05, 0) is 42.5 Å². The quantitative estimate of drug-likeness (QED) is 0.476. The maximum absolute atomic E-state index is 14.5. The molecular formula is C25H31F2N3O6S. The number of hydrogen-bond donors (Lipinski definition) is 2. The highest BCUT2D eigenvalue weighted by molar-refractivity contribution is 7.90. The highest BCUT2D eigenvalue weighted by atomic mass is 32.2. The second kappa shape index (κ2) is 12.8. The van der Waals surface area contributed by atoms with Crippen LogP contribution in [-0.2, 0) is 27.6 Å². The van der Waals surface area contributed by atoms with Crippen LogP contribution < -0.4 is 5.32 Å². The average molecular weight is 540 g/mol. The first kappa shape index (κ1) is 28.3. The van der Waals surface area contributed by atoms with Gasteiger partial charge in [-0.2, -0.15) is 0 Å². The molecule has 1 heterocycles. The second-order valence-electron chi connectivity index (χ2n) is 8.92. The third-order valence-electron chi connectivity index (χ3n) is 6.20. The normalized spacial score (nSPS) is 14.4. The van der Waals surface area contributed by atoms with E-state index >= 15 is 0 Å². The number of halogens is 2. The Morgan fingerprint density at radius 3 is 2.41 bits per heavy atom. The zero-order valence-electron chi connectivity index (χ0n) is 20.5. The summed E-state index contributed by atoms with van der Waals surface area (Å²) in [5.74, 6) is -1.92. The summed E-state index contributed by atoms with van der Waals surface area (Å²) in [5, 5.41) is 12.4. The van der Waals surface area contributed by atoms with Crippen molar-refractivity contribution >= 4 is 22.0 Å². The number of nitrogens with one attached hydrogen (secondary N) is 1. The fourth-order valence-corrected chi connectivity index (χ4v) is 4.82. The largest absolute Gasteiger partial charge is 0.465 e. The Morgan fingerprint density at radius 2 is 1.78 bits per heavy atom. The number of nitrogens with zero attached hydrogens (tertiary/aromatic N) is 2. The third-order valence-corrected chi connectivity index (χ3v) is 7.31. The predicted octanol–water partition coefficient (Wildman–Crippen LogP) is 3.28. The third kappa shape index (κ3) is 8.39. The molecule has 0 aliphatic carbocycles. The highest BCUT2D eigenvalue weighted by Crippen LogP contribution is 2.20. The van der Waals surface area contributed by atoms with E-state index in [1.54, 1.807) is 0 Å². The predicted molar refractivity (Wildman–Crippen MR) is 132 cm³/mol. The first-order chi connectivity index (χ1) is 17.5. The van der Waals surface area contributed by atoms with Crippen molar-refractivity contribution in [3.8, 4) is 0 Å². The number of amides is 2. The summed E-state index contributed by atoms with van der Waals surface area (Å²) in [4.78, 5) is 25.9. The maximum atomic E-state index is 14.5. The number of hydrogen-bond acceptors (Lipinski definition) is 6. The fourth-order valence-electron chi connectivity index (χ4n) is 4.08. The van der Waals surface area contributed by atoms with Crippen molar-refractivity contribution in [3.05, 3.63) is 65.2 Å². The van der Waals surface area contributed by atoms with Crippen LogP contribution in [0.5, 0.6) is 0 Å². The van der Waals surface area contributed by atoms with Gasteiger partial charge in [0.1, 0.15) is 23.1 Å². The van der Waals surface area contributed by atoms with Gasteiger partial charge in [0.25, 0.3) is 0 Å². The summed E-state index contributed by atoms with van der Waals surface area (Å²) in [7, 11) is -3.93. The Kier molecular flexibility index (Phi) is 9.81. The lowest BCUT2D eigenvalue weighted by molar-refractivity contribution is 0.0953. The van der Waals surface area contributed by atoms with Gasteiger partial charge in [-0.1, -0.05) is 30.3 Å². The standard InChI is InChI=1S/C25H31F2N3O6S/c1-37(34,35)23-16-21(26)19(15-22(23)27)7-11-30(25(33)36-17-18-5-3-2-4-6-18)14-10-28-20-8-12-29(13-9-20)24(31)32/h2-6,15-16,20,28H,7-14,17H2,1H3,(H,31,32). The van der Waals surface area contributed by atoms with Crippen molar-refractivity contribution in [2.75, 3.05) is 39.0 Å².